The van der Waals surface area contributed by atoms with E-state index in [1.165, 1.54) is 31.2 Å². The summed E-state index contributed by atoms with van der Waals surface area (Å²) < 4.78 is 0. The van der Waals surface area contributed by atoms with Gasteiger partial charge < -0.3 is 0 Å². The fourth-order valence-corrected chi connectivity index (χ4v) is 2.29. The summed E-state index contributed by atoms with van der Waals surface area (Å²) in [7, 11) is 0. The maximum absolute atomic E-state index is 2.40. The van der Waals surface area contributed by atoms with E-state index in [0.717, 1.165) is 0 Å². The maximum Gasteiger partial charge on any atom is -0.00694 e. The number of allylic oxidation sites excluding steroid dienone is 2. The van der Waals surface area contributed by atoms with Crippen molar-refractivity contribution in [3.63, 3.8) is 0 Å². The Bertz CT molecular complexity index is 298. The minimum absolute atomic E-state index is 0.394. The largest absolute Gasteiger partial charge is 0.0885 e. The van der Waals surface area contributed by atoms with Crippen molar-refractivity contribution >= 4 is 0 Å². The van der Waals surface area contributed by atoms with Crippen LogP contribution in [-0.2, 0) is 5.41 Å². The zero-order valence-corrected chi connectivity index (χ0v) is 8.87. The Morgan fingerprint density at radius 3 is 2.07 bits per heavy atom. The highest BCUT2D eigenvalue weighted by atomic mass is 14.3. The van der Waals surface area contributed by atoms with Gasteiger partial charge in [0, 0.05) is 0 Å². The van der Waals surface area contributed by atoms with E-state index >= 15 is 0 Å². The van der Waals surface area contributed by atoms with Crippen molar-refractivity contribution in [3.05, 3.63) is 48.0 Å². The first-order valence-electron chi connectivity index (χ1n) is 5.52. The van der Waals surface area contributed by atoms with E-state index in [1.54, 1.807) is 0 Å². The minimum Gasteiger partial charge on any atom is -0.0885 e. The quantitative estimate of drug-likeness (QED) is 0.580. The molecule has 0 nitrogen and oxygen atoms in total. The third kappa shape index (κ3) is 1.89. The normalized spacial score (nSPS) is 20.4. The molecule has 14 heavy (non-hydrogen) atoms. The zero-order valence-electron chi connectivity index (χ0n) is 8.87. The third-order valence-corrected chi connectivity index (χ3v) is 3.36. The lowest BCUT2D eigenvalue weighted by atomic mass is 9.76. The number of benzene rings is 1. The molecule has 0 atom stereocenters. The molecule has 74 valence electrons. The number of hydrogen-bond acceptors (Lipinski definition) is 0. The highest BCUT2D eigenvalue weighted by Gasteiger charge is 2.25. The summed E-state index contributed by atoms with van der Waals surface area (Å²) in [6.45, 7) is 2.40. The van der Waals surface area contributed by atoms with Crippen molar-refractivity contribution in [3.8, 4) is 0 Å². The van der Waals surface area contributed by atoms with Gasteiger partial charge in [0.1, 0.15) is 0 Å². The van der Waals surface area contributed by atoms with Gasteiger partial charge in [-0.25, -0.2) is 0 Å². The SMILES string of the molecule is CC1(c2ccccc2)CCC=CCC1. The zero-order chi connectivity index (χ0) is 9.86. The monoisotopic (exact) mass is 186 g/mol. The summed E-state index contributed by atoms with van der Waals surface area (Å²) in [4.78, 5) is 0. The summed E-state index contributed by atoms with van der Waals surface area (Å²) in [5.74, 6) is 0. The molecule has 1 aliphatic carbocycles. The molecule has 0 N–H and O–H groups in total. The van der Waals surface area contributed by atoms with Gasteiger partial charge in [-0.05, 0) is 36.7 Å². The molecule has 1 aliphatic rings. The molecule has 0 fully saturated rings. The van der Waals surface area contributed by atoms with Gasteiger partial charge in [-0.3, -0.25) is 0 Å². The molecule has 0 saturated heterocycles. The molecule has 1 aromatic carbocycles. The van der Waals surface area contributed by atoms with E-state index < -0.39 is 0 Å². The van der Waals surface area contributed by atoms with Crippen LogP contribution in [0.25, 0.3) is 0 Å². The first kappa shape index (κ1) is 9.51. The summed E-state index contributed by atoms with van der Waals surface area (Å²) in [5, 5.41) is 0. The Hall–Kier alpha value is -1.04. The van der Waals surface area contributed by atoms with E-state index in [4.69, 9.17) is 0 Å². The second kappa shape index (κ2) is 4.00. The molecule has 0 spiro atoms. The minimum atomic E-state index is 0.394. The summed E-state index contributed by atoms with van der Waals surface area (Å²) in [6.07, 6.45) is 9.68. The number of hydrogen-bond donors (Lipinski definition) is 0. The predicted molar refractivity (Wildman–Crippen MR) is 61.4 cm³/mol. The Balaban J connectivity index is 2.23. The Kier molecular flexibility index (Phi) is 2.72. The van der Waals surface area contributed by atoms with Crippen molar-refractivity contribution in [1.82, 2.24) is 0 Å². The summed E-state index contributed by atoms with van der Waals surface area (Å²) in [5.41, 5.74) is 1.90. The van der Waals surface area contributed by atoms with Gasteiger partial charge >= 0.3 is 0 Å². The Morgan fingerprint density at radius 1 is 0.929 bits per heavy atom. The molecule has 0 aliphatic heterocycles. The van der Waals surface area contributed by atoms with Gasteiger partial charge in [-0.1, -0.05) is 49.4 Å². The molecule has 0 aromatic heterocycles. The van der Waals surface area contributed by atoms with Crippen LogP contribution in [0, 0.1) is 0 Å². The lowest BCUT2D eigenvalue weighted by Crippen LogP contribution is -2.20. The molecule has 0 unspecified atom stereocenters. The summed E-state index contributed by atoms with van der Waals surface area (Å²) in [6, 6.07) is 10.9. The molecular formula is C14H18. The topological polar surface area (TPSA) is 0 Å². The van der Waals surface area contributed by atoms with Gasteiger partial charge in [0.25, 0.3) is 0 Å². The van der Waals surface area contributed by atoms with Crippen molar-refractivity contribution in [2.45, 2.75) is 38.0 Å². The lowest BCUT2D eigenvalue weighted by Gasteiger charge is -2.28. The average molecular weight is 186 g/mol. The molecule has 0 radical (unpaired) electrons. The van der Waals surface area contributed by atoms with Crippen LogP contribution in [0.1, 0.15) is 38.2 Å². The lowest BCUT2D eigenvalue weighted by molar-refractivity contribution is 0.415. The van der Waals surface area contributed by atoms with Crippen molar-refractivity contribution in [1.29, 1.82) is 0 Å². The van der Waals surface area contributed by atoms with Crippen molar-refractivity contribution < 1.29 is 0 Å². The van der Waals surface area contributed by atoms with Crippen molar-refractivity contribution in [2.75, 3.05) is 0 Å². The molecule has 0 saturated carbocycles. The predicted octanol–water partition coefficient (Wildman–Crippen LogP) is 4.07. The van der Waals surface area contributed by atoms with E-state index in [0.29, 0.717) is 5.41 Å². The first-order valence-corrected chi connectivity index (χ1v) is 5.52. The van der Waals surface area contributed by atoms with Crippen LogP contribution in [-0.4, -0.2) is 0 Å². The van der Waals surface area contributed by atoms with E-state index in [2.05, 4.69) is 49.4 Å². The second-order valence-electron chi connectivity index (χ2n) is 4.48. The van der Waals surface area contributed by atoms with E-state index in [-0.39, 0.29) is 0 Å². The van der Waals surface area contributed by atoms with Gasteiger partial charge in [0.05, 0.1) is 0 Å². The van der Waals surface area contributed by atoms with Crippen LogP contribution >= 0.6 is 0 Å². The fraction of sp³-hybridized carbons (Fsp3) is 0.429. The first-order chi connectivity index (χ1) is 6.81. The van der Waals surface area contributed by atoms with Crippen LogP contribution in [0.3, 0.4) is 0 Å². The van der Waals surface area contributed by atoms with Crippen LogP contribution in [0.4, 0.5) is 0 Å². The summed E-state index contributed by atoms with van der Waals surface area (Å²) >= 11 is 0. The van der Waals surface area contributed by atoms with Gasteiger partial charge in [0.2, 0.25) is 0 Å². The van der Waals surface area contributed by atoms with Gasteiger partial charge in [-0.2, -0.15) is 0 Å². The third-order valence-electron chi connectivity index (χ3n) is 3.36. The molecule has 2 rings (SSSR count). The highest BCUT2D eigenvalue weighted by molar-refractivity contribution is 5.25. The molecule has 0 heteroatoms. The van der Waals surface area contributed by atoms with E-state index in [1.807, 2.05) is 0 Å². The van der Waals surface area contributed by atoms with Crippen molar-refractivity contribution in [2.24, 2.45) is 0 Å². The number of rotatable bonds is 1. The standard InChI is InChI=1S/C14H18/c1-14(11-7-2-3-8-12-14)13-9-5-4-6-10-13/h2-6,9-10H,7-8,11-12H2,1H3. The van der Waals surface area contributed by atoms with Crippen LogP contribution in [0.5, 0.6) is 0 Å². The average Bonchev–Trinajstić information content (AvgIpc) is 2.46. The molecule has 0 bridgehead atoms. The van der Waals surface area contributed by atoms with Crippen LogP contribution < -0.4 is 0 Å². The van der Waals surface area contributed by atoms with Crippen LogP contribution in [0.2, 0.25) is 0 Å². The molecule has 1 aromatic rings. The van der Waals surface area contributed by atoms with Crippen LogP contribution in [0.15, 0.2) is 42.5 Å². The Labute approximate surface area is 86.7 Å². The Morgan fingerprint density at radius 2 is 1.50 bits per heavy atom. The van der Waals surface area contributed by atoms with Gasteiger partial charge in [-0.15, -0.1) is 0 Å². The molecule has 0 heterocycles. The van der Waals surface area contributed by atoms with Gasteiger partial charge in [0.15, 0.2) is 0 Å². The fourth-order valence-electron chi connectivity index (χ4n) is 2.29. The molecular weight excluding hydrogens is 168 g/mol. The smallest absolute Gasteiger partial charge is 0.00694 e. The second-order valence-corrected chi connectivity index (χ2v) is 4.48. The highest BCUT2D eigenvalue weighted by Crippen LogP contribution is 2.35. The maximum atomic E-state index is 2.40. The molecule has 0 amide bonds. The van der Waals surface area contributed by atoms with E-state index in [9.17, 15) is 0 Å².